The number of hydrogen-bond donors (Lipinski definition) is 1. The maximum atomic E-state index is 13.0. The van der Waals surface area contributed by atoms with Crippen molar-refractivity contribution in [2.45, 2.75) is 26.4 Å². The molecule has 0 amide bonds. The van der Waals surface area contributed by atoms with Crippen molar-refractivity contribution < 1.29 is 9.90 Å². The zero-order chi connectivity index (χ0) is 20.7. The van der Waals surface area contributed by atoms with Gasteiger partial charge in [0.2, 0.25) is 5.95 Å². The van der Waals surface area contributed by atoms with Gasteiger partial charge in [-0.25, -0.2) is 9.36 Å². The lowest BCUT2D eigenvalue weighted by molar-refractivity contribution is -0.137. The number of aliphatic carboxylic acids is 1. The zero-order valence-electron chi connectivity index (χ0n) is 16.4. The highest BCUT2D eigenvalue weighted by Crippen LogP contribution is 2.26. The average molecular weight is 397 g/mol. The van der Waals surface area contributed by atoms with Crippen LogP contribution >= 0.6 is 0 Å². The van der Waals surface area contributed by atoms with Gasteiger partial charge in [0.15, 0.2) is 11.2 Å². The van der Waals surface area contributed by atoms with Gasteiger partial charge in [0.05, 0.1) is 0 Å². The first kappa shape index (κ1) is 19.0. The Morgan fingerprint density at radius 1 is 1.21 bits per heavy atom. The fourth-order valence-corrected chi connectivity index (χ4v) is 3.98. The van der Waals surface area contributed by atoms with Crippen LogP contribution in [0.25, 0.3) is 11.2 Å². The van der Waals surface area contributed by atoms with Gasteiger partial charge in [-0.1, -0.05) is 37.3 Å². The molecule has 3 aromatic rings. The maximum absolute atomic E-state index is 13.0. The monoisotopic (exact) mass is 397 g/mol. The number of imidazole rings is 1. The summed E-state index contributed by atoms with van der Waals surface area (Å²) in [4.78, 5) is 43.4. The second kappa shape index (κ2) is 7.23. The van der Waals surface area contributed by atoms with Crippen molar-refractivity contribution in [3.8, 4) is 0 Å². The van der Waals surface area contributed by atoms with Crippen LogP contribution in [0.1, 0.15) is 12.5 Å². The van der Waals surface area contributed by atoms with Crippen LogP contribution in [0.3, 0.4) is 0 Å². The van der Waals surface area contributed by atoms with E-state index in [-0.39, 0.29) is 17.1 Å². The van der Waals surface area contributed by atoms with Crippen LogP contribution in [-0.2, 0) is 31.4 Å². The molecular weight excluding hydrogens is 374 g/mol. The molecule has 0 bridgehead atoms. The molecule has 4 rings (SSSR count). The average Bonchev–Trinajstić information content (AvgIpc) is 3.08. The van der Waals surface area contributed by atoms with Gasteiger partial charge in [-0.05, 0) is 17.9 Å². The largest absolute Gasteiger partial charge is 0.480 e. The van der Waals surface area contributed by atoms with Crippen LogP contribution in [0.15, 0.2) is 39.9 Å². The molecule has 1 aliphatic heterocycles. The minimum Gasteiger partial charge on any atom is -0.480 e. The van der Waals surface area contributed by atoms with Crippen LogP contribution in [-0.4, -0.2) is 42.9 Å². The summed E-state index contributed by atoms with van der Waals surface area (Å²) < 4.78 is 3.84. The topological polar surface area (TPSA) is 102 Å². The van der Waals surface area contributed by atoms with Gasteiger partial charge in [-0.2, -0.15) is 4.98 Å². The Kier molecular flexibility index (Phi) is 4.73. The van der Waals surface area contributed by atoms with Crippen LogP contribution in [0, 0.1) is 5.92 Å². The fourth-order valence-electron chi connectivity index (χ4n) is 3.98. The SMILES string of the molecule is CC1CN(CCc2ccccc2)c2nc3c(c(=O)n(CC(=O)O)c(=O)n3C)n2C1. The van der Waals surface area contributed by atoms with Crippen molar-refractivity contribution in [1.82, 2.24) is 18.7 Å². The number of carbonyl (C=O) groups is 1. The van der Waals surface area contributed by atoms with Gasteiger partial charge in [-0.3, -0.25) is 14.2 Å². The highest BCUT2D eigenvalue weighted by molar-refractivity contribution is 5.75. The Bertz CT molecular complexity index is 1190. The first-order valence-corrected chi connectivity index (χ1v) is 9.57. The quantitative estimate of drug-likeness (QED) is 0.679. The molecule has 9 heteroatoms. The van der Waals surface area contributed by atoms with Crippen LogP contribution in [0.5, 0.6) is 0 Å². The molecule has 1 aromatic carbocycles. The fraction of sp³-hybridized carbons (Fsp3) is 0.400. The molecule has 2 aromatic heterocycles. The predicted octanol–water partition coefficient (Wildman–Crippen LogP) is 0.680. The summed E-state index contributed by atoms with van der Waals surface area (Å²) in [5.41, 5.74) is 0.491. The van der Waals surface area contributed by atoms with Crippen LogP contribution in [0.2, 0.25) is 0 Å². The van der Waals surface area contributed by atoms with E-state index in [0.717, 1.165) is 24.1 Å². The van der Waals surface area contributed by atoms with Crippen molar-refractivity contribution in [3.05, 3.63) is 56.7 Å². The number of nitrogens with zero attached hydrogens (tertiary/aromatic N) is 5. The van der Waals surface area contributed by atoms with Crippen molar-refractivity contribution in [1.29, 1.82) is 0 Å². The minimum absolute atomic E-state index is 0.277. The Hall–Kier alpha value is -3.36. The molecular formula is C20H23N5O4. The second-order valence-corrected chi connectivity index (χ2v) is 7.61. The third-order valence-electron chi connectivity index (χ3n) is 5.33. The van der Waals surface area contributed by atoms with Gasteiger partial charge in [-0.15, -0.1) is 0 Å². The lowest BCUT2D eigenvalue weighted by atomic mass is 10.1. The number of rotatable bonds is 5. The standard InChI is InChI=1S/C20H23N5O4/c1-13-10-23(9-8-14-6-4-3-5-7-14)19-21-17-16(24(19)11-13)18(28)25(12-15(26)27)20(29)22(17)2/h3-7,13H,8-12H2,1-2H3,(H,26,27). The van der Waals surface area contributed by atoms with Crippen LogP contribution in [0.4, 0.5) is 5.95 Å². The summed E-state index contributed by atoms with van der Waals surface area (Å²) in [6.45, 7) is 3.55. The number of carboxylic acid groups (broad SMARTS) is 1. The Morgan fingerprint density at radius 3 is 2.62 bits per heavy atom. The molecule has 0 fully saturated rings. The molecule has 1 unspecified atom stereocenters. The second-order valence-electron chi connectivity index (χ2n) is 7.61. The van der Waals surface area contributed by atoms with Crippen molar-refractivity contribution in [2.75, 3.05) is 18.0 Å². The molecule has 1 atom stereocenters. The number of aromatic nitrogens is 4. The number of aryl methyl sites for hydroxylation is 1. The minimum atomic E-state index is -1.24. The summed E-state index contributed by atoms with van der Waals surface area (Å²) in [6.07, 6.45) is 0.832. The highest BCUT2D eigenvalue weighted by Gasteiger charge is 2.29. The van der Waals surface area contributed by atoms with E-state index in [9.17, 15) is 14.4 Å². The van der Waals surface area contributed by atoms with Gasteiger partial charge < -0.3 is 14.6 Å². The summed E-state index contributed by atoms with van der Waals surface area (Å²) in [7, 11) is 1.51. The molecule has 9 nitrogen and oxygen atoms in total. The van der Waals surface area contributed by atoms with E-state index < -0.39 is 23.8 Å². The maximum Gasteiger partial charge on any atom is 0.333 e. The molecule has 0 spiro atoms. The molecule has 0 aliphatic carbocycles. The van der Waals surface area contributed by atoms with E-state index in [1.165, 1.54) is 17.2 Å². The van der Waals surface area contributed by atoms with Gasteiger partial charge in [0, 0.05) is 26.7 Å². The third-order valence-corrected chi connectivity index (χ3v) is 5.33. The lowest BCUT2D eigenvalue weighted by Crippen LogP contribution is -2.42. The van der Waals surface area contributed by atoms with Gasteiger partial charge >= 0.3 is 11.7 Å². The first-order chi connectivity index (χ1) is 13.9. The summed E-state index contributed by atoms with van der Waals surface area (Å²) >= 11 is 0. The van der Waals surface area contributed by atoms with E-state index in [2.05, 4.69) is 28.9 Å². The molecule has 0 saturated heterocycles. The Labute approximate surface area is 166 Å². The van der Waals surface area contributed by atoms with Crippen molar-refractivity contribution >= 4 is 23.1 Å². The highest BCUT2D eigenvalue weighted by atomic mass is 16.4. The number of anilines is 1. The molecule has 1 N–H and O–H groups in total. The normalized spacial score (nSPS) is 16.2. The zero-order valence-corrected chi connectivity index (χ0v) is 16.4. The van der Waals surface area contributed by atoms with Gasteiger partial charge in [0.25, 0.3) is 5.56 Å². The molecule has 0 saturated carbocycles. The van der Waals surface area contributed by atoms with Crippen molar-refractivity contribution in [2.24, 2.45) is 13.0 Å². The summed E-state index contributed by atoms with van der Waals surface area (Å²) in [5, 5.41) is 9.09. The number of hydrogen-bond acceptors (Lipinski definition) is 5. The van der Waals surface area contributed by atoms with E-state index in [0.29, 0.717) is 12.5 Å². The third kappa shape index (κ3) is 3.32. The van der Waals surface area contributed by atoms with E-state index in [1.807, 2.05) is 22.8 Å². The molecule has 152 valence electrons. The van der Waals surface area contributed by atoms with E-state index in [4.69, 9.17) is 5.11 Å². The Balaban J connectivity index is 1.81. The molecule has 0 radical (unpaired) electrons. The molecule has 29 heavy (non-hydrogen) atoms. The van der Waals surface area contributed by atoms with Crippen LogP contribution < -0.4 is 16.1 Å². The van der Waals surface area contributed by atoms with Crippen molar-refractivity contribution in [3.63, 3.8) is 0 Å². The predicted molar refractivity (Wildman–Crippen MR) is 108 cm³/mol. The molecule has 1 aliphatic rings. The van der Waals surface area contributed by atoms with E-state index in [1.54, 1.807) is 0 Å². The number of fused-ring (bicyclic) bond motifs is 3. The summed E-state index contributed by atoms with van der Waals surface area (Å²) in [5.74, 6) is -0.311. The van der Waals surface area contributed by atoms with E-state index >= 15 is 0 Å². The molecule has 3 heterocycles. The number of carboxylic acids is 1. The Morgan fingerprint density at radius 2 is 1.93 bits per heavy atom. The number of benzene rings is 1. The summed E-state index contributed by atoms with van der Waals surface area (Å²) in [6, 6.07) is 10.1. The first-order valence-electron chi connectivity index (χ1n) is 9.57. The van der Waals surface area contributed by atoms with Gasteiger partial charge in [0.1, 0.15) is 6.54 Å². The lowest BCUT2D eigenvalue weighted by Gasteiger charge is -2.33. The smallest absolute Gasteiger partial charge is 0.333 e.